The molecule has 0 saturated carbocycles. The van der Waals surface area contributed by atoms with Gasteiger partial charge in [0, 0.05) is 39.8 Å². The predicted octanol–water partition coefficient (Wildman–Crippen LogP) is 3.09. The molecule has 1 N–H and O–H groups in total. The van der Waals surface area contributed by atoms with Crippen LogP contribution in [0.5, 0.6) is 5.75 Å². The van der Waals surface area contributed by atoms with E-state index in [1.165, 1.54) is 5.56 Å². The highest BCUT2D eigenvalue weighted by atomic mass is 16.5. The van der Waals surface area contributed by atoms with Crippen LogP contribution in [0, 0.1) is 0 Å². The smallest absolute Gasteiger partial charge is 0.274 e. The molecule has 0 aliphatic carbocycles. The number of nitrogens with zero attached hydrogens (tertiary/aromatic N) is 4. The van der Waals surface area contributed by atoms with Gasteiger partial charge in [-0.15, -0.1) is 0 Å². The summed E-state index contributed by atoms with van der Waals surface area (Å²) in [5.41, 5.74) is 2.88. The van der Waals surface area contributed by atoms with Gasteiger partial charge in [-0.2, -0.15) is 0 Å². The minimum Gasteiger partial charge on any atom is -0.486 e. The highest BCUT2D eigenvalue weighted by molar-refractivity contribution is 5.98. The Morgan fingerprint density at radius 3 is 2.53 bits per heavy atom. The van der Waals surface area contributed by atoms with Crippen LogP contribution in [0.15, 0.2) is 54.6 Å². The number of methoxy groups -OCH3 is 1. The first-order valence-electron chi connectivity index (χ1n) is 11.6. The van der Waals surface area contributed by atoms with Crippen LogP contribution < -0.4 is 10.1 Å². The summed E-state index contributed by atoms with van der Waals surface area (Å²) in [5.74, 6) is 2.05. The summed E-state index contributed by atoms with van der Waals surface area (Å²) >= 11 is 0. The van der Waals surface area contributed by atoms with Crippen LogP contribution in [-0.2, 0) is 24.4 Å². The molecule has 180 valence electrons. The number of benzene rings is 2. The number of amides is 1. The second-order valence-corrected chi connectivity index (χ2v) is 8.68. The Labute approximate surface area is 201 Å². The second-order valence-electron chi connectivity index (χ2n) is 8.68. The summed E-state index contributed by atoms with van der Waals surface area (Å²) in [5, 5.41) is 3.34. The molecule has 3 aromatic rings. The fourth-order valence-electron chi connectivity index (χ4n) is 4.07. The van der Waals surface area contributed by atoms with Crippen LogP contribution in [0.3, 0.4) is 0 Å². The van der Waals surface area contributed by atoms with Gasteiger partial charge in [-0.25, -0.2) is 4.98 Å². The molecule has 0 radical (unpaired) electrons. The van der Waals surface area contributed by atoms with Crippen molar-refractivity contribution in [2.45, 2.75) is 19.7 Å². The molecule has 2 heterocycles. The molecule has 1 aliphatic heterocycles. The van der Waals surface area contributed by atoms with Crippen LogP contribution in [0.2, 0.25) is 0 Å². The van der Waals surface area contributed by atoms with Crippen molar-refractivity contribution in [3.8, 4) is 5.75 Å². The van der Waals surface area contributed by atoms with E-state index in [0.29, 0.717) is 50.1 Å². The normalized spacial score (nSPS) is 13.5. The Balaban J connectivity index is 1.60. The summed E-state index contributed by atoms with van der Waals surface area (Å²) in [6.45, 7) is 3.95. The molecule has 0 saturated heterocycles. The summed E-state index contributed by atoms with van der Waals surface area (Å²) in [6.07, 6.45) is 0. The average Bonchev–Trinajstić information content (AvgIpc) is 3.09. The third-order valence-electron chi connectivity index (χ3n) is 5.75. The molecule has 0 spiro atoms. The zero-order valence-electron chi connectivity index (χ0n) is 20.2. The van der Waals surface area contributed by atoms with Gasteiger partial charge < -0.3 is 29.2 Å². The van der Waals surface area contributed by atoms with Gasteiger partial charge in [0.25, 0.3) is 5.91 Å². The molecular formula is C26H33N5O3. The molecule has 8 nitrogen and oxygen atoms in total. The van der Waals surface area contributed by atoms with E-state index >= 15 is 0 Å². The number of carbonyl (C=O) groups is 1. The first kappa shape index (κ1) is 23.8. The number of anilines is 1. The van der Waals surface area contributed by atoms with Gasteiger partial charge in [0.15, 0.2) is 11.5 Å². The first-order valence-corrected chi connectivity index (χ1v) is 11.6. The highest BCUT2D eigenvalue weighted by Gasteiger charge is 2.29. The van der Waals surface area contributed by atoms with E-state index in [9.17, 15) is 4.79 Å². The Morgan fingerprint density at radius 1 is 1.06 bits per heavy atom. The third kappa shape index (κ3) is 5.76. The van der Waals surface area contributed by atoms with E-state index in [2.05, 4.69) is 34.5 Å². The Kier molecular flexibility index (Phi) is 7.82. The SMILES string of the molecule is COCCN1CCNc2nc(COc3ccc(CN(C)C)cc3)n(Cc3ccccc3)c2C1=O. The zero-order chi connectivity index (χ0) is 23.9. The molecule has 1 aromatic heterocycles. The van der Waals surface area contributed by atoms with Crippen LogP contribution in [-0.4, -0.2) is 72.7 Å². The average molecular weight is 464 g/mol. The summed E-state index contributed by atoms with van der Waals surface area (Å²) in [7, 11) is 5.74. The van der Waals surface area contributed by atoms with E-state index in [1.807, 2.05) is 53.9 Å². The molecule has 2 aromatic carbocycles. The van der Waals surface area contributed by atoms with Gasteiger partial charge in [0.2, 0.25) is 0 Å². The van der Waals surface area contributed by atoms with Crippen molar-refractivity contribution >= 4 is 11.7 Å². The number of rotatable bonds is 10. The lowest BCUT2D eigenvalue weighted by Gasteiger charge is -2.21. The third-order valence-corrected chi connectivity index (χ3v) is 5.75. The number of fused-ring (bicyclic) bond motifs is 1. The van der Waals surface area contributed by atoms with Gasteiger partial charge in [-0.1, -0.05) is 42.5 Å². The lowest BCUT2D eigenvalue weighted by molar-refractivity contribution is 0.0699. The number of nitrogens with one attached hydrogen (secondary N) is 1. The topological polar surface area (TPSA) is 71.9 Å². The molecule has 34 heavy (non-hydrogen) atoms. The van der Waals surface area contributed by atoms with Crippen molar-refractivity contribution in [1.29, 1.82) is 0 Å². The minimum atomic E-state index is -0.0419. The van der Waals surface area contributed by atoms with Crippen molar-refractivity contribution in [2.24, 2.45) is 0 Å². The summed E-state index contributed by atoms with van der Waals surface area (Å²) in [4.78, 5) is 22.2. The standard InChI is InChI=1S/C26H33N5O3/c1-29(2)17-21-9-11-22(12-10-21)34-19-23-28-25-24(31(23)18-20-7-5-4-6-8-20)26(32)30(14-13-27-25)15-16-33-3/h4-12,27H,13-19H2,1-3H3. The van der Waals surface area contributed by atoms with E-state index in [-0.39, 0.29) is 12.5 Å². The van der Waals surface area contributed by atoms with Crippen molar-refractivity contribution in [3.05, 3.63) is 77.2 Å². The van der Waals surface area contributed by atoms with E-state index in [4.69, 9.17) is 14.5 Å². The number of ether oxygens (including phenoxy) is 2. The molecule has 0 fully saturated rings. The van der Waals surface area contributed by atoms with E-state index < -0.39 is 0 Å². The molecule has 1 aliphatic rings. The fraction of sp³-hybridized carbons (Fsp3) is 0.385. The quantitative estimate of drug-likeness (QED) is 0.498. The minimum absolute atomic E-state index is 0.0419. The zero-order valence-corrected chi connectivity index (χ0v) is 20.2. The number of hydrogen-bond donors (Lipinski definition) is 1. The van der Waals surface area contributed by atoms with Gasteiger partial charge >= 0.3 is 0 Å². The first-order chi connectivity index (χ1) is 16.5. The number of hydrogen-bond acceptors (Lipinski definition) is 6. The molecule has 0 bridgehead atoms. The molecule has 0 atom stereocenters. The van der Waals surface area contributed by atoms with Crippen molar-refractivity contribution in [2.75, 3.05) is 52.8 Å². The largest absolute Gasteiger partial charge is 0.486 e. The van der Waals surface area contributed by atoms with Crippen LogP contribution in [0.4, 0.5) is 5.82 Å². The molecule has 8 heteroatoms. The van der Waals surface area contributed by atoms with Crippen LogP contribution in [0.1, 0.15) is 27.4 Å². The van der Waals surface area contributed by atoms with Gasteiger partial charge in [0.1, 0.15) is 18.2 Å². The van der Waals surface area contributed by atoms with Gasteiger partial charge in [-0.05, 0) is 37.4 Å². The lowest BCUT2D eigenvalue weighted by Crippen LogP contribution is -2.36. The maximum absolute atomic E-state index is 13.5. The van der Waals surface area contributed by atoms with Gasteiger partial charge in [-0.3, -0.25) is 4.79 Å². The van der Waals surface area contributed by atoms with Crippen molar-refractivity contribution < 1.29 is 14.3 Å². The van der Waals surface area contributed by atoms with Crippen LogP contribution >= 0.6 is 0 Å². The Morgan fingerprint density at radius 2 is 1.82 bits per heavy atom. The number of imidazole rings is 1. The van der Waals surface area contributed by atoms with E-state index in [0.717, 1.165) is 17.9 Å². The Hall–Kier alpha value is -3.36. The Bertz CT molecular complexity index is 1080. The van der Waals surface area contributed by atoms with Crippen molar-refractivity contribution in [3.63, 3.8) is 0 Å². The predicted molar refractivity (Wildman–Crippen MR) is 132 cm³/mol. The molecule has 0 unspecified atom stereocenters. The summed E-state index contributed by atoms with van der Waals surface area (Å²) in [6, 6.07) is 18.2. The molecular weight excluding hydrogens is 430 g/mol. The fourth-order valence-corrected chi connectivity index (χ4v) is 4.07. The maximum Gasteiger partial charge on any atom is 0.274 e. The monoisotopic (exact) mass is 463 g/mol. The molecule has 4 rings (SSSR count). The second kappa shape index (κ2) is 11.2. The van der Waals surface area contributed by atoms with Crippen molar-refractivity contribution in [1.82, 2.24) is 19.4 Å². The highest BCUT2D eigenvalue weighted by Crippen LogP contribution is 2.25. The van der Waals surface area contributed by atoms with E-state index in [1.54, 1.807) is 7.11 Å². The maximum atomic E-state index is 13.5. The van der Waals surface area contributed by atoms with Gasteiger partial charge in [0.05, 0.1) is 6.61 Å². The number of carbonyl (C=O) groups excluding carboxylic acids is 1. The summed E-state index contributed by atoms with van der Waals surface area (Å²) < 4.78 is 13.3. The van der Waals surface area contributed by atoms with Crippen LogP contribution in [0.25, 0.3) is 0 Å². The molecule has 1 amide bonds. The number of aromatic nitrogens is 2. The lowest BCUT2D eigenvalue weighted by atomic mass is 10.2.